The highest BCUT2D eigenvalue weighted by Gasteiger charge is 2.22. The number of amides is 1. The van der Waals surface area contributed by atoms with Gasteiger partial charge in [0, 0.05) is 43.5 Å². The van der Waals surface area contributed by atoms with Gasteiger partial charge in [0.25, 0.3) is 5.56 Å². The van der Waals surface area contributed by atoms with E-state index in [1.54, 1.807) is 17.0 Å². The van der Waals surface area contributed by atoms with Gasteiger partial charge < -0.3 is 14.5 Å². The van der Waals surface area contributed by atoms with Crippen LogP contribution in [-0.2, 0) is 11.3 Å². The molecule has 1 saturated heterocycles. The minimum absolute atomic E-state index is 0.101. The van der Waals surface area contributed by atoms with Crippen LogP contribution in [0.1, 0.15) is 6.92 Å². The van der Waals surface area contributed by atoms with E-state index in [9.17, 15) is 9.59 Å². The smallest absolute Gasteiger partial charge is 0.267 e. The summed E-state index contributed by atoms with van der Waals surface area (Å²) in [6, 6.07) is 16.1. The number of hydrogen-bond acceptors (Lipinski definition) is 5. The molecule has 0 bridgehead atoms. The quantitative estimate of drug-likeness (QED) is 0.527. The second kappa shape index (κ2) is 10.3. The molecule has 0 saturated carbocycles. The maximum Gasteiger partial charge on any atom is 0.267 e. The van der Waals surface area contributed by atoms with Crippen molar-refractivity contribution in [3.05, 3.63) is 75.0 Å². The predicted molar refractivity (Wildman–Crippen MR) is 130 cm³/mol. The van der Waals surface area contributed by atoms with Crippen LogP contribution in [0, 0.1) is 0 Å². The summed E-state index contributed by atoms with van der Waals surface area (Å²) in [7, 11) is 0. The maximum atomic E-state index is 12.9. The van der Waals surface area contributed by atoms with Gasteiger partial charge in [-0.05, 0) is 55.5 Å². The molecule has 0 radical (unpaired) electrons. The number of carbonyl (C=O) groups excluding carboxylic acids is 1. The lowest BCUT2D eigenvalue weighted by atomic mass is 10.1. The van der Waals surface area contributed by atoms with Crippen LogP contribution in [0.15, 0.2) is 59.4 Å². The Morgan fingerprint density at radius 2 is 1.70 bits per heavy atom. The summed E-state index contributed by atoms with van der Waals surface area (Å²) >= 11 is 12.1. The number of aromatic nitrogens is 2. The molecule has 7 nitrogen and oxygen atoms in total. The standard InChI is InChI=1S/C24H24Cl2N4O3/c1-2-33-19-6-3-17(4-7-19)22-9-10-23(31)30(27-22)16-24(32)29-13-11-28(12-14-29)18-5-8-20(25)21(26)15-18/h3-10,15H,2,11-14,16H2,1H3. The molecule has 1 fully saturated rings. The molecule has 0 atom stereocenters. The van der Waals surface area contributed by atoms with Crippen molar-refractivity contribution in [1.29, 1.82) is 0 Å². The molecule has 0 N–H and O–H groups in total. The molecule has 4 rings (SSSR count). The Labute approximate surface area is 202 Å². The summed E-state index contributed by atoms with van der Waals surface area (Å²) < 4.78 is 6.69. The third-order valence-corrected chi connectivity index (χ3v) is 6.25. The molecule has 9 heteroatoms. The number of ether oxygens (including phenoxy) is 1. The highest BCUT2D eigenvalue weighted by atomic mass is 35.5. The lowest BCUT2D eigenvalue weighted by molar-refractivity contribution is -0.132. The Morgan fingerprint density at radius 3 is 2.36 bits per heavy atom. The number of benzene rings is 2. The molecule has 3 aromatic rings. The zero-order chi connectivity index (χ0) is 23.4. The van der Waals surface area contributed by atoms with Crippen molar-refractivity contribution in [3.63, 3.8) is 0 Å². The third kappa shape index (κ3) is 5.49. The Morgan fingerprint density at radius 1 is 0.970 bits per heavy atom. The third-order valence-electron chi connectivity index (χ3n) is 5.51. The van der Waals surface area contributed by atoms with Gasteiger partial charge >= 0.3 is 0 Å². The second-order valence-corrected chi connectivity index (χ2v) is 8.45. The molecular formula is C24H24Cl2N4O3. The van der Waals surface area contributed by atoms with E-state index in [4.69, 9.17) is 27.9 Å². The van der Waals surface area contributed by atoms with Gasteiger partial charge in [-0.1, -0.05) is 23.2 Å². The van der Waals surface area contributed by atoms with Gasteiger partial charge in [-0.15, -0.1) is 0 Å². The minimum Gasteiger partial charge on any atom is -0.494 e. The molecule has 2 aromatic carbocycles. The van der Waals surface area contributed by atoms with E-state index in [1.165, 1.54) is 10.7 Å². The molecule has 0 spiro atoms. The summed E-state index contributed by atoms with van der Waals surface area (Å²) in [5.41, 5.74) is 2.12. The molecule has 1 aliphatic heterocycles. The molecule has 1 aromatic heterocycles. The molecule has 0 unspecified atom stereocenters. The van der Waals surface area contributed by atoms with Gasteiger partial charge in [0.15, 0.2) is 0 Å². The largest absolute Gasteiger partial charge is 0.494 e. The van der Waals surface area contributed by atoms with E-state index in [2.05, 4.69) is 10.00 Å². The van der Waals surface area contributed by atoms with Gasteiger partial charge in [-0.2, -0.15) is 5.10 Å². The zero-order valence-corrected chi connectivity index (χ0v) is 19.7. The number of anilines is 1. The van der Waals surface area contributed by atoms with Crippen molar-refractivity contribution in [2.45, 2.75) is 13.5 Å². The predicted octanol–water partition coefficient (Wildman–Crippen LogP) is 3.96. The molecule has 1 aliphatic rings. The number of rotatable bonds is 6. The Bertz CT molecular complexity index is 1190. The van der Waals surface area contributed by atoms with Gasteiger partial charge in [-0.3, -0.25) is 9.59 Å². The monoisotopic (exact) mass is 486 g/mol. The average molecular weight is 487 g/mol. The average Bonchev–Trinajstić information content (AvgIpc) is 2.83. The topological polar surface area (TPSA) is 67.7 Å². The Hall–Kier alpha value is -3.03. The van der Waals surface area contributed by atoms with Crippen LogP contribution in [0.3, 0.4) is 0 Å². The molecule has 1 amide bonds. The van der Waals surface area contributed by atoms with Gasteiger partial charge in [0.1, 0.15) is 12.3 Å². The SMILES string of the molecule is CCOc1ccc(-c2ccc(=O)n(CC(=O)N3CCN(c4ccc(Cl)c(Cl)c4)CC3)n2)cc1. The molecule has 2 heterocycles. The summed E-state index contributed by atoms with van der Waals surface area (Å²) in [5, 5.41) is 5.43. The van der Waals surface area contributed by atoms with Crippen LogP contribution in [0.5, 0.6) is 5.75 Å². The zero-order valence-electron chi connectivity index (χ0n) is 18.2. The van der Waals surface area contributed by atoms with Crippen LogP contribution in [0.25, 0.3) is 11.3 Å². The summed E-state index contributed by atoms with van der Waals surface area (Å²) in [6.45, 7) is 4.84. The van der Waals surface area contributed by atoms with Crippen molar-refractivity contribution in [2.75, 3.05) is 37.7 Å². The fourth-order valence-corrected chi connectivity index (χ4v) is 4.02. The van der Waals surface area contributed by atoms with E-state index in [0.717, 1.165) is 17.0 Å². The van der Waals surface area contributed by atoms with Crippen LogP contribution >= 0.6 is 23.2 Å². The number of piperazine rings is 1. The Balaban J connectivity index is 1.40. The normalized spacial score (nSPS) is 13.8. The van der Waals surface area contributed by atoms with E-state index in [-0.39, 0.29) is 18.0 Å². The number of carbonyl (C=O) groups is 1. The summed E-state index contributed by atoms with van der Waals surface area (Å²) in [5.74, 6) is 0.631. The first-order valence-electron chi connectivity index (χ1n) is 10.7. The van der Waals surface area contributed by atoms with E-state index < -0.39 is 0 Å². The minimum atomic E-state index is -0.313. The summed E-state index contributed by atoms with van der Waals surface area (Å²) in [6.07, 6.45) is 0. The summed E-state index contributed by atoms with van der Waals surface area (Å²) in [4.78, 5) is 29.1. The molecular weight excluding hydrogens is 463 g/mol. The first-order valence-corrected chi connectivity index (χ1v) is 11.5. The van der Waals surface area contributed by atoms with Crippen molar-refractivity contribution in [1.82, 2.24) is 14.7 Å². The van der Waals surface area contributed by atoms with Crippen molar-refractivity contribution in [2.24, 2.45) is 0 Å². The highest BCUT2D eigenvalue weighted by Crippen LogP contribution is 2.27. The van der Waals surface area contributed by atoms with Crippen molar-refractivity contribution in [3.8, 4) is 17.0 Å². The van der Waals surface area contributed by atoms with Gasteiger partial charge in [0.2, 0.25) is 5.91 Å². The van der Waals surface area contributed by atoms with E-state index in [0.29, 0.717) is 48.5 Å². The molecule has 33 heavy (non-hydrogen) atoms. The van der Waals surface area contributed by atoms with Crippen LogP contribution in [0.2, 0.25) is 10.0 Å². The van der Waals surface area contributed by atoms with E-state index in [1.807, 2.05) is 43.3 Å². The van der Waals surface area contributed by atoms with Gasteiger partial charge in [-0.25, -0.2) is 4.68 Å². The lowest BCUT2D eigenvalue weighted by Gasteiger charge is -2.36. The van der Waals surface area contributed by atoms with Crippen LogP contribution in [-0.4, -0.2) is 53.4 Å². The lowest BCUT2D eigenvalue weighted by Crippen LogP contribution is -2.50. The second-order valence-electron chi connectivity index (χ2n) is 7.64. The first kappa shape index (κ1) is 23.1. The fraction of sp³-hybridized carbons (Fsp3) is 0.292. The van der Waals surface area contributed by atoms with Crippen molar-refractivity contribution < 1.29 is 9.53 Å². The van der Waals surface area contributed by atoms with Gasteiger partial charge in [0.05, 0.1) is 22.3 Å². The molecule has 172 valence electrons. The maximum absolute atomic E-state index is 12.9. The Kier molecular flexibility index (Phi) is 7.20. The highest BCUT2D eigenvalue weighted by molar-refractivity contribution is 6.42. The number of nitrogens with zero attached hydrogens (tertiary/aromatic N) is 4. The van der Waals surface area contributed by atoms with E-state index >= 15 is 0 Å². The van der Waals surface area contributed by atoms with Crippen LogP contribution in [0.4, 0.5) is 5.69 Å². The van der Waals surface area contributed by atoms with Crippen molar-refractivity contribution >= 4 is 34.8 Å². The number of hydrogen-bond donors (Lipinski definition) is 0. The number of halogens is 2. The first-order chi connectivity index (χ1) is 15.9. The fourth-order valence-electron chi connectivity index (χ4n) is 3.73. The molecule has 0 aliphatic carbocycles. The van der Waals surface area contributed by atoms with Crippen LogP contribution < -0.4 is 15.2 Å².